The van der Waals surface area contributed by atoms with Gasteiger partial charge in [-0.1, -0.05) is 36.6 Å². The number of halogens is 3. The molecule has 10 nitrogen and oxygen atoms in total. The molecular weight excluding hydrogens is 582 g/mol. The zero-order valence-electron chi connectivity index (χ0n) is 25.0. The third kappa shape index (κ3) is 5.70. The van der Waals surface area contributed by atoms with Gasteiger partial charge in [-0.05, 0) is 50.3 Å². The fourth-order valence-electron chi connectivity index (χ4n) is 7.05. The van der Waals surface area contributed by atoms with Crippen LogP contribution in [0.15, 0.2) is 12.1 Å². The predicted molar refractivity (Wildman–Crippen MR) is 154 cm³/mol. The number of rotatable bonds is 8. The van der Waals surface area contributed by atoms with Gasteiger partial charge in [0.1, 0.15) is 23.7 Å². The van der Waals surface area contributed by atoms with Crippen LogP contribution in [0, 0.1) is 17.3 Å². The molecule has 5 rings (SSSR count). The van der Waals surface area contributed by atoms with Crippen molar-refractivity contribution in [1.82, 2.24) is 30.1 Å². The van der Waals surface area contributed by atoms with Crippen LogP contribution in [0.5, 0.6) is 5.75 Å². The van der Waals surface area contributed by atoms with E-state index in [1.54, 1.807) is 29.0 Å². The molecule has 4 atom stereocenters. The maximum absolute atomic E-state index is 14.5. The summed E-state index contributed by atoms with van der Waals surface area (Å²) in [6.45, 7) is 4.64. The van der Waals surface area contributed by atoms with Crippen LogP contribution in [0.25, 0.3) is 0 Å². The topological polar surface area (TPSA) is 110 Å². The van der Waals surface area contributed by atoms with Crippen molar-refractivity contribution in [2.24, 2.45) is 24.3 Å². The molecule has 2 aromatic rings. The van der Waals surface area contributed by atoms with Crippen molar-refractivity contribution in [3.8, 4) is 5.75 Å². The van der Waals surface area contributed by atoms with Gasteiger partial charge >= 0.3 is 0 Å². The SMILES string of the molecule is CNC(=O)[C@@]1(C)CCCC[C@H]1C(=O)N1CCc2c(Cl)ccc(OCc3nnn(C)c3C(F)F)c2[C@H]1CN1CCC(C)C1=O. The Morgan fingerprint density at radius 1 is 1.23 bits per heavy atom. The third-order valence-electron chi connectivity index (χ3n) is 9.58. The zero-order chi connectivity index (χ0) is 31.1. The van der Waals surface area contributed by atoms with E-state index in [9.17, 15) is 23.2 Å². The van der Waals surface area contributed by atoms with Crippen LogP contribution >= 0.6 is 11.6 Å². The Labute approximate surface area is 255 Å². The van der Waals surface area contributed by atoms with Crippen LogP contribution < -0.4 is 10.1 Å². The summed E-state index contributed by atoms with van der Waals surface area (Å²) >= 11 is 6.70. The Bertz CT molecular complexity index is 1400. The molecule has 3 aliphatic rings. The number of hydrogen-bond donors (Lipinski definition) is 1. The number of benzene rings is 1. The highest BCUT2D eigenvalue weighted by Gasteiger charge is 2.49. The van der Waals surface area contributed by atoms with E-state index in [1.807, 2.05) is 13.8 Å². The average Bonchev–Trinajstić information content (AvgIpc) is 3.52. The Kier molecular flexibility index (Phi) is 8.97. The van der Waals surface area contributed by atoms with Gasteiger partial charge < -0.3 is 19.9 Å². The molecule has 13 heteroatoms. The first-order chi connectivity index (χ1) is 20.5. The first kappa shape index (κ1) is 31.2. The minimum atomic E-state index is -2.79. The number of amides is 3. The highest BCUT2D eigenvalue weighted by molar-refractivity contribution is 6.31. The number of hydrogen-bond acceptors (Lipinski definition) is 6. The number of likely N-dealkylation sites (tertiary alicyclic amines) is 1. The molecule has 2 aliphatic heterocycles. The average molecular weight is 621 g/mol. The number of carbonyl (C=O) groups excluding carboxylic acids is 3. The fraction of sp³-hybridized carbons (Fsp3) is 0.633. The molecule has 1 aliphatic carbocycles. The molecule has 3 amide bonds. The van der Waals surface area contributed by atoms with Gasteiger partial charge in [0.25, 0.3) is 6.43 Å². The van der Waals surface area contributed by atoms with Gasteiger partial charge in [0.05, 0.1) is 17.4 Å². The Balaban J connectivity index is 1.54. The Morgan fingerprint density at radius 3 is 2.67 bits per heavy atom. The second-order valence-corrected chi connectivity index (χ2v) is 12.5. The third-order valence-corrected chi connectivity index (χ3v) is 9.93. The van der Waals surface area contributed by atoms with Crippen LogP contribution in [-0.4, -0.2) is 69.2 Å². The van der Waals surface area contributed by atoms with E-state index >= 15 is 0 Å². The summed E-state index contributed by atoms with van der Waals surface area (Å²) in [5, 5.41) is 10.9. The van der Waals surface area contributed by atoms with E-state index in [-0.39, 0.29) is 48.2 Å². The highest BCUT2D eigenvalue weighted by atomic mass is 35.5. The van der Waals surface area contributed by atoms with Crippen molar-refractivity contribution in [2.45, 2.75) is 71.4 Å². The largest absolute Gasteiger partial charge is 0.487 e. The van der Waals surface area contributed by atoms with Crippen LogP contribution in [0.3, 0.4) is 0 Å². The van der Waals surface area contributed by atoms with Gasteiger partial charge in [0.2, 0.25) is 17.7 Å². The lowest BCUT2D eigenvalue weighted by molar-refractivity contribution is -0.153. The van der Waals surface area contributed by atoms with Crippen molar-refractivity contribution in [1.29, 1.82) is 0 Å². The zero-order valence-corrected chi connectivity index (χ0v) is 25.8. The first-order valence-corrected chi connectivity index (χ1v) is 15.3. The Morgan fingerprint density at radius 2 is 2.00 bits per heavy atom. The summed E-state index contributed by atoms with van der Waals surface area (Å²) < 4.78 is 34.6. The van der Waals surface area contributed by atoms with E-state index in [0.29, 0.717) is 55.1 Å². The maximum Gasteiger partial charge on any atom is 0.282 e. The number of aromatic nitrogens is 3. The number of ether oxygens (including phenoxy) is 1. The van der Waals surface area contributed by atoms with Crippen molar-refractivity contribution >= 4 is 29.3 Å². The van der Waals surface area contributed by atoms with Crippen LogP contribution in [0.2, 0.25) is 5.02 Å². The minimum absolute atomic E-state index is 0.00795. The van der Waals surface area contributed by atoms with Crippen molar-refractivity contribution in [3.05, 3.63) is 39.7 Å². The maximum atomic E-state index is 14.5. The van der Waals surface area contributed by atoms with Gasteiger partial charge in [0, 0.05) is 50.2 Å². The fourth-order valence-corrected chi connectivity index (χ4v) is 7.31. The van der Waals surface area contributed by atoms with E-state index < -0.39 is 23.8 Å². The molecule has 0 spiro atoms. The number of fused-ring (bicyclic) bond motifs is 1. The molecule has 1 aromatic carbocycles. The van der Waals surface area contributed by atoms with Crippen molar-refractivity contribution in [2.75, 3.05) is 26.7 Å². The lowest BCUT2D eigenvalue weighted by Crippen LogP contribution is -2.54. The van der Waals surface area contributed by atoms with E-state index in [2.05, 4.69) is 15.6 Å². The summed E-state index contributed by atoms with van der Waals surface area (Å²) in [6.07, 6.45) is 1.25. The summed E-state index contributed by atoms with van der Waals surface area (Å²) in [4.78, 5) is 44.2. The van der Waals surface area contributed by atoms with Crippen LogP contribution in [-0.2, 0) is 34.5 Å². The second-order valence-electron chi connectivity index (χ2n) is 12.1. The number of alkyl halides is 2. The molecule has 2 fully saturated rings. The lowest BCUT2D eigenvalue weighted by Gasteiger charge is -2.46. The lowest BCUT2D eigenvalue weighted by atomic mass is 9.66. The van der Waals surface area contributed by atoms with E-state index in [4.69, 9.17) is 16.3 Å². The summed E-state index contributed by atoms with van der Waals surface area (Å²) in [7, 11) is 2.99. The van der Waals surface area contributed by atoms with Gasteiger partial charge in [-0.25, -0.2) is 13.5 Å². The molecule has 1 unspecified atom stereocenters. The molecule has 0 bridgehead atoms. The van der Waals surface area contributed by atoms with Gasteiger partial charge in [-0.15, -0.1) is 5.10 Å². The number of nitrogens with zero attached hydrogens (tertiary/aromatic N) is 5. The van der Waals surface area contributed by atoms with Crippen molar-refractivity contribution < 1.29 is 27.9 Å². The summed E-state index contributed by atoms with van der Waals surface area (Å²) in [6, 6.07) is 2.76. The quantitative estimate of drug-likeness (QED) is 0.473. The van der Waals surface area contributed by atoms with Crippen LogP contribution in [0.4, 0.5) is 8.78 Å². The van der Waals surface area contributed by atoms with Gasteiger partial charge in [-0.2, -0.15) is 0 Å². The molecule has 234 valence electrons. The number of nitrogens with one attached hydrogen (secondary N) is 1. The monoisotopic (exact) mass is 620 g/mol. The van der Waals surface area contributed by atoms with Gasteiger partial charge in [-0.3, -0.25) is 14.4 Å². The molecule has 1 N–H and O–H groups in total. The van der Waals surface area contributed by atoms with Crippen LogP contribution in [0.1, 0.15) is 80.9 Å². The van der Waals surface area contributed by atoms with Gasteiger partial charge in [0.15, 0.2) is 0 Å². The number of carbonyl (C=O) groups is 3. The summed E-state index contributed by atoms with van der Waals surface area (Å²) in [5.74, 6) is -0.560. The van der Waals surface area contributed by atoms with Crippen molar-refractivity contribution in [3.63, 3.8) is 0 Å². The summed E-state index contributed by atoms with van der Waals surface area (Å²) in [5.41, 5.74) is 0.253. The second kappa shape index (κ2) is 12.4. The predicted octanol–water partition coefficient (Wildman–Crippen LogP) is 4.22. The van der Waals surface area contributed by atoms with E-state index in [0.717, 1.165) is 23.1 Å². The number of aryl methyl sites for hydroxylation is 1. The Hall–Kier alpha value is -3.28. The molecular formula is C30H39ClF2N6O4. The molecule has 1 aromatic heterocycles. The highest BCUT2D eigenvalue weighted by Crippen LogP contribution is 2.46. The molecule has 1 saturated heterocycles. The molecule has 3 heterocycles. The standard InChI is InChI=1S/C30H39ClF2N6O4/c1-17-10-13-38(27(17)40)15-22-24-18(11-14-39(22)28(41)19-7-5-6-12-30(19,2)29(42)34-3)20(31)8-9-23(24)43-16-21-25(26(32)33)37(4)36-35-21/h8-9,17,19,22,26H,5-7,10-16H2,1-4H3,(H,34,42)/t17?,19-,22+,30-/m0/s1. The molecule has 43 heavy (non-hydrogen) atoms. The molecule has 0 radical (unpaired) electrons. The van der Waals surface area contributed by atoms with E-state index in [1.165, 1.54) is 7.05 Å². The normalized spacial score (nSPS) is 25.7. The molecule has 1 saturated carbocycles. The first-order valence-electron chi connectivity index (χ1n) is 14.9. The smallest absolute Gasteiger partial charge is 0.282 e. The minimum Gasteiger partial charge on any atom is -0.487 e.